The third-order valence-corrected chi connectivity index (χ3v) is 8.59. The first kappa shape index (κ1) is 24.3. The average molecular weight is 470 g/mol. The van der Waals surface area contributed by atoms with E-state index in [2.05, 4.69) is 78.3 Å². The third-order valence-electron chi connectivity index (χ3n) is 8.59. The van der Waals surface area contributed by atoms with Gasteiger partial charge in [0.2, 0.25) is 0 Å². The molecule has 0 amide bonds. The van der Waals surface area contributed by atoms with Crippen molar-refractivity contribution in [1.29, 1.82) is 0 Å². The lowest BCUT2D eigenvalue weighted by atomic mass is 9.73. The van der Waals surface area contributed by atoms with Crippen LogP contribution in [0.15, 0.2) is 54.6 Å². The van der Waals surface area contributed by atoms with Gasteiger partial charge in [0.15, 0.2) is 0 Å². The first-order valence-corrected chi connectivity index (χ1v) is 14.1. The zero-order chi connectivity index (χ0) is 24.0. The highest BCUT2D eigenvalue weighted by molar-refractivity contribution is 5.60. The van der Waals surface area contributed by atoms with Crippen LogP contribution in [0, 0.1) is 25.7 Å². The summed E-state index contributed by atoms with van der Waals surface area (Å²) in [4.78, 5) is 4.98. The Balaban J connectivity index is 1.22. The van der Waals surface area contributed by atoms with E-state index in [0.717, 1.165) is 42.4 Å². The quantitative estimate of drug-likeness (QED) is 0.364. The van der Waals surface area contributed by atoms with Crippen LogP contribution in [-0.4, -0.2) is 22.1 Å². The fraction of sp³-hybridized carbons (Fsp3) is 0.531. The lowest BCUT2D eigenvalue weighted by molar-refractivity contribution is 0.173. The maximum absolute atomic E-state index is 4.98. The van der Waals surface area contributed by atoms with Crippen LogP contribution >= 0.6 is 0 Å². The van der Waals surface area contributed by atoms with Gasteiger partial charge in [-0.2, -0.15) is 0 Å². The predicted molar refractivity (Wildman–Crippen MR) is 147 cm³/mol. The molecule has 2 aromatic heterocycles. The summed E-state index contributed by atoms with van der Waals surface area (Å²) in [7, 11) is 0. The van der Waals surface area contributed by atoms with Crippen LogP contribution in [0.2, 0.25) is 0 Å². The SMILES string of the molecule is Cc1ccc(C)n1-c1cccc(-c2ccc(CCNC(C3CCCCC3)C3CCCCC3)cc2)n1. The molecule has 0 bridgehead atoms. The van der Waals surface area contributed by atoms with Crippen LogP contribution in [0.1, 0.15) is 81.2 Å². The van der Waals surface area contributed by atoms with E-state index in [0.29, 0.717) is 0 Å². The molecular weight excluding hydrogens is 426 g/mol. The van der Waals surface area contributed by atoms with Gasteiger partial charge in [0.25, 0.3) is 0 Å². The molecule has 0 spiro atoms. The molecule has 35 heavy (non-hydrogen) atoms. The third kappa shape index (κ3) is 5.89. The van der Waals surface area contributed by atoms with Crippen molar-refractivity contribution in [3.05, 3.63) is 71.5 Å². The molecule has 0 saturated heterocycles. The summed E-state index contributed by atoms with van der Waals surface area (Å²) in [6, 6.07) is 20.5. The fourth-order valence-electron chi connectivity index (χ4n) is 6.67. The molecule has 3 aromatic rings. The van der Waals surface area contributed by atoms with Gasteiger partial charge in [-0.25, -0.2) is 4.98 Å². The number of benzene rings is 1. The molecule has 3 heteroatoms. The van der Waals surface area contributed by atoms with Gasteiger partial charge in [0.05, 0.1) is 5.69 Å². The minimum absolute atomic E-state index is 0.738. The minimum atomic E-state index is 0.738. The molecule has 2 aliphatic carbocycles. The van der Waals surface area contributed by atoms with Crippen LogP contribution in [-0.2, 0) is 6.42 Å². The van der Waals surface area contributed by atoms with E-state index in [4.69, 9.17) is 4.98 Å². The van der Waals surface area contributed by atoms with Gasteiger partial charge in [-0.1, -0.05) is 68.9 Å². The smallest absolute Gasteiger partial charge is 0.137 e. The second-order valence-electron chi connectivity index (χ2n) is 11.1. The van der Waals surface area contributed by atoms with Gasteiger partial charge in [0, 0.05) is 23.0 Å². The molecule has 0 aliphatic heterocycles. The number of hydrogen-bond donors (Lipinski definition) is 1. The molecule has 2 fully saturated rings. The topological polar surface area (TPSA) is 29.9 Å². The van der Waals surface area contributed by atoms with Gasteiger partial charge >= 0.3 is 0 Å². The van der Waals surface area contributed by atoms with Crippen LogP contribution in [0.5, 0.6) is 0 Å². The van der Waals surface area contributed by atoms with Gasteiger partial charge in [-0.15, -0.1) is 0 Å². The molecule has 5 rings (SSSR count). The molecule has 0 atom stereocenters. The highest BCUT2D eigenvalue weighted by Crippen LogP contribution is 2.35. The fourth-order valence-corrected chi connectivity index (χ4v) is 6.67. The van der Waals surface area contributed by atoms with E-state index in [-0.39, 0.29) is 0 Å². The van der Waals surface area contributed by atoms with Crippen molar-refractivity contribution >= 4 is 0 Å². The van der Waals surface area contributed by atoms with Crippen LogP contribution < -0.4 is 5.32 Å². The Morgan fingerprint density at radius 3 is 1.97 bits per heavy atom. The van der Waals surface area contributed by atoms with Crippen molar-refractivity contribution in [2.45, 2.75) is 90.5 Å². The van der Waals surface area contributed by atoms with Crippen molar-refractivity contribution in [3.63, 3.8) is 0 Å². The highest BCUT2D eigenvalue weighted by Gasteiger charge is 2.30. The van der Waals surface area contributed by atoms with E-state index < -0.39 is 0 Å². The first-order chi connectivity index (χ1) is 17.2. The number of nitrogens with one attached hydrogen (secondary N) is 1. The Labute approximate surface area is 212 Å². The molecule has 2 heterocycles. The number of rotatable bonds is 8. The van der Waals surface area contributed by atoms with Crippen molar-refractivity contribution < 1.29 is 0 Å². The lowest BCUT2D eigenvalue weighted by Gasteiger charge is -2.38. The van der Waals surface area contributed by atoms with Crippen molar-refractivity contribution in [2.75, 3.05) is 6.54 Å². The summed E-state index contributed by atoms with van der Waals surface area (Å²) in [6.07, 6.45) is 15.5. The van der Waals surface area contributed by atoms with E-state index in [1.165, 1.54) is 86.7 Å². The summed E-state index contributed by atoms with van der Waals surface area (Å²) in [5.74, 6) is 2.80. The monoisotopic (exact) mass is 469 g/mol. The Morgan fingerprint density at radius 2 is 1.37 bits per heavy atom. The molecule has 1 N–H and O–H groups in total. The summed E-state index contributed by atoms with van der Waals surface area (Å²) >= 11 is 0. The molecule has 0 unspecified atom stereocenters. The number of pyridine rings is 1. The maximum Gasteiger partial charge on any atom is 0.137 e. The minimum Gasteiger partial charge on any atom is -0.313 e. The molecule has 0 radical (unpaired) electrons. The van der Waals surface area contributed by atoms with Gasteiger partial charge in [-0.3, -0.25) is 0 Å². The molecular formula is C32H43N3. The first-order valence-electron chi connectivity index (χ1n) is 14.1. The molecule has 3 nitrogen and oxygen atoms in total. The number of nitrogens with zero attached hydrogens (tertiary/aromatic N) is 2. The number of aryl methyl sites for hydroxylation is 2. The predicted octanol–water partition coefficient (Wildman–Crippen LogP) is 7.82. The second kappa shape index (κ2) is 11.6. The largest absolute Gasteiger partial charge is 0.313 e. The standard InChI is InChI=1S/C32H43N3/c1-24-16-17-25(2)35(24)31-15-9-14-30(34-31)27-20-18-26(19-21-27)22-23-33-32(28-10-5-3-6-11-28)29-12-7-4-8-13-29/h9,14-21,28-29,32-33H,3-8,10-13,22-23H2,1-2H3. The Hall–Kier alpha value is -2.39. The molecule has 2 aliphatic rings. The van der Waals surface area contributed by atoms with E-state index in [1.807, 2.05) is 0 Å². The van der Waals surface area contributed by atoms with E-state index in [1.54, 1.807) is 0 Å². The van der Waals surface area contributed by atoms with E-state index >= 15 is 0 Å². The second-order valence-corrected chi connectivity index (χ2v) is 11.1. The highest BCUT2D eigenvalue weighted by atomic mass is 15.1. The summed E-state index contributed by atoms with van der Waals surface area (Å²) in [5.41, 5.74) is 6.08. The zero-order valence-corrected chi connectivity index (χ0v) is 21.8. The Morgan fingerprint density at radius 1 is 0.771 bits per heavy atom. The van der Waals surface area contributed by atoms with Crippen molar-refractivity contribution in [3.8, 4) is 17.1 Å². The van der Waals surface area contributed by atoms with Crippen LogP contribution in [0.3, 0.4) is 0 Å². The summed E-state index contributed by atoms with van der Waals surface area (Å²) in [5, 5.41) is 4.07. The van der Waals surface area contributed by atoms with E-state index in [9.17, 15) is 0 Å². The zero-order valence-electron chi connectivity index (χ0n) is 21.8. The normalized spacial score (nSPS) is 17.8. The number of hydrogen-bond acceptors (Lipinski definition) is 2. The average Bonchev–Trinajstić information content (AvgIpc) is 3.25. The maximum atomic E-state index is 4.98. The van der Waals surface area contributed by atoms with Crippen LogP contribution in [0.25, 0.3) is 17.1 Å². The Kier molecular flexibility index (Phi) is 8.03. The molecule has 186 valence electrons. The summed E-state index contributed by atoms with van der Waals surface area (Å²) < 4.78 is 2.22. The summed E-state index contributed by atoms with van der Waals surface area (Å²) in [6.45, 7) is 5.37. The van der Waals surface area contributed by atoms with Gasteiger partial charge in [0.1, 0.15) is 5.82 Å². The van der Waals surface area contributed by atoms with Crippen LogP contribution in [0.4, 0.5) is 0 Å². The molecule has 2 saturated carbocycles. The lowest BCUT2D eigenvalue weighted by Crippen LogP contribution is -2.44. The number of aromatic nitrogens is 2. The van der Waals surface area contributed by atoms with Gasteiger partial charge in [-0.05, 0) is 94.2 Å². The molecule has 1 aromatic carbocycles. The Bertz CT molecular complexity index is 1030. The van der Waals surface area contributed by atoms with Crippen molar-refractivity contribution in [2.24, 2.45) is 11.8 Å². The van der Waals surface area contributed by atoms with Gasteiger partial charge < -0.3 is 9.88 Å². The van der Waals surface area contributed by atoms with Crippen molar-refractivity contribution in [1.82, 2.24) is 14.9 Å².